The Morgan fingerprint density at radius 1 is 1.20 bits per heavy atom. The van der Waals surface area contributed by atoms with Crippen molar-refractivity contribution in [2.45, 2.75) is 41.5 Å². The molecule has 1 rings (SSSR count). The summed E-state index contributed by atoms with van der Waals surface area (Å²) >= 11 is 0. The van der Waals surface area contributed by atoms with Gasteiger partial charge in [0.25, 0.3) is 0 Å². The van der Waals surface area contributed by atoms with Crippen LogP contribution in [0.15, 0.2) is 35.5 Å². The summed E-state index contributed by atoms with van der Waals surface area (Å²) in [5.74, 6) is 1.30. The molecule has 0 fully saturated rings. The molecule has 84 valence electrons. The van der Waals surface area contributed by atoms with Crippen LogP contribution in [0.3, 0.4) is 0 Å². The first-order valence-electron chi connectivity index (χ1n) is 5.84. The molecule has 1 aliphatic carbocycles. The molecular weight excluding hydrogens is 180 g/mol. The lowest BCUT2D eigenvalue weighted by Gasteiger charge is -2.34. The lowest BCUT2D eigenvalue weighted by Crippen LogP contribution is -2.21. The minimum atomic E-state index is 0.106. The van der Waals surface area contributed by atoms with Crippen LogP contribution < -0.4 is 0 Å². The molecule has 2 atom stereocenters. The van der Waals surface area contributed by atoms with E-state index in [1.54, 1.807) is 0 Å². The largest absolute Gasteiger partial charge is 0.0993 e. The van der Waals surface area contributed by atoms with Crippen molar-refractivity contribution in [2.24, 2.45) is 17.3 Å². The van der Waals surface area contributed by atoms with Gasteiger partial charge in [-0.15, -0.1) is 0 Å². The molecule has 0 aromatic heterocycles. The Hall–Kier alpha value is -0.780. The molecule has 0 aromatic carbocycles. The van der Waals surface area contributed by atoms with Crippen molar-refractivity contribution in [3.8, 4) is 0 Å². The van der Waals surface area contributed by atoms with Gasteiger partial charge in [-0.25, -0.2) is 0 Å². The quantitative estimate of drug-likeness (QED) is 0.569. The van der Waals surface area contributed by atoms with E-state index in [4.69, 9.17) is 0 Å². The predicted octanol–water partition coefficient (Wildman–Crippen LogP) is 4.75. The van der Waals surface area contributed by atoms with Crippen LogP contribution in [0.5, 0.6) is 0 Å². The highest BCUT2D eigenvalue weighted by Gasteiger charge is 2.28. The molecule has 0 saturated heterocycles. The summed E-state index contributed by atoms with van der Waals surface area (Å²) in [7, 11) is 0. The second kappa shape index (κ2) is 4.00. The maximum atomic E-state index is 4.11. The van der Waals surface area contributed by atoms with Crippen molar-refractivity contribution in [1.82, 2.24) is 0 Å². The fraction of sp³-hybridized carbons (Fsp3) is 0.600. The molecule has 2 unspecified atom stereocenters. The van der Waals surface area contributed by atoms with Crippen LogP contribution in [0.1, 0.15) is 41.5 Å². The second-order valence-corrected chi connectivity index (χ2v) is 5.55. The highest BCUT2D eigenvalue weighted by atomic mass is 14.3. The molecule has 0 bridgehead atoms. The first-order chi connectivity index (χ1) is 6.76. The van der Waals surface area contributed by atoms with Crippen molar-refractivity contribution in [3.63, 3.8) is 0 Å². The molecule has 15 heavy (non-hydrogen) atoms. The van der Waals surface area contributed by atoms with Gasteiger partial charge >= 0.3 is 0 Å². The normalized spacial score (nSPS) is 27.1. The van der Waals surface area contributed by atoms with Gasteiger partial charge in [-0.2, -0.15) is 0 Å². The average Bonchev–Trinajstić information content (AvgIpc) is 2.10. The summed E-state index contributed by atoms with van der Waals surface area (Å²) < 4.78 is 0. The lowest BCUT2D eigenvalue weighted by atomic mass is 9.70. The van der Waals surface area contributed by atoms with Gasteiger partial charge in [-0.3, -0.25) is 0 Å². The number of rotatable bonds is 2. The van der Waals surface area contributed by atoms with Crippen LogP contribution in [-0.2, 0) is 0 Å². The lowest BCUT2D eigenvalue weighted by molar-refractivity contribution is 0.491. The third kappa shape index (κ3) is 2.25. The number of hydrogen-bond acceptors (Lipinski definition) is 0. The third-order valence-electron chi connectivity index (χ3n) is 3.94. The zero-order chi connectivity index (χ0) is 11.8. The predicted molar refractivity (Wildman–Crippen MR) is 68.8 cm³/mol. The van der Waals surface area contributed by atoms with E-state index in [0.717, 1.165) is 0 Å². The molecule has 0 heterocycles. The molecule has 0 N–H and O–H groups in total. The van der Waals surface area contributed by atoms with E-state index in [1.807, 2.05) is 0 Å². The SMILES string of the molecule is C=C(C)C(C)(C)C1=CC(C)C(C)C=C1C. The summed E-state index contributed by atoms with van der Waals surface area (Å²) in [6.45, 7) is 17.6. The van der Waals surface area contributed by atoms with E-state index in [2.05, 4.69) is 60.3 Å². The topological polar surface area (TPSA) is 0 Å². The summed E-state index contributed by atoms with van der Waals surface area (Å²) in [4.78, 5) is 0. The fourth-order valence-corrected chi connectivity index (χ4v) is 2.11. The van der Waals surface area contributed by atoms with Crippen LogP contribution >= 0.6 is 0 Å². The molecule has 0 aromatic rings. The van der Waals surface area contributed by atoms with Crippen molar-refractivity contribution < 1.29 is 0 Å². The summed E-state index contributed by atoms with van der Waals surface area (Å²) in [5, 5.41) is 0. The van der Waals surface area contributed by atoms with Gasteiger partial charge in [0.05, 0.1) is 0 Å². The Kier molecular flexibility index (Phi) is 3.28. The highest BCUT2D eigenvalue weighted by Crippen LogP contribution is 2.41. The highest BCUT2D eigenvalue weighted by molar-refractivity contribution is 5.42. The summed E-state index contributed by atoms with van der Waals surface area (Å²) in [6, 6.07) is 0. The third-order valence-corrected chi connectivity index (χ3v) is 3.94. The van der Waals surface area contributed by atoms with Gasteiger partial charge in [0.1, 0.15) is 0 Å². The average molecular weight is 204 g/mol. The van der Waals surface area contributed by atoms with E-state index >= 15 is 0 Å². The molecule has 0 radical (unpaired) electrons. The number of hydrogen-bond donors (Lipinski definition) is 0. The second-order valence-electron chi connectivity index (χ2n) is 5.55. The van der Waals surface area contributed by atoms with Gasteiger partial charge in [0.2, 0.25) is 0 Å². The maximum absolute atomic E-state index is 4.11. The Morgan fingerprint density at radius 2 is 1.67 bits per heavy atom. The van der Waals surface area contributed by atoms with Crippen LogP contribution in [0.4, 0.5) is 0 Å². The van der Waals surface area contributed by atoms with Crippen molar-refractivity contribution in [2.75, 3.05) is 0 Å². The molecule has 1 aliphatic rings. The molecule has 0 saturated carbocycles. The minimum Gasteiger partial charge on any atom is -0.0993 e. The Morgan fingerprint density at radius 3 is 2.13 bits per heavy atom. The zero-order valence-corrected chi connectivity index (χ0v) is 11.0. The van der Waals surface area contributed by atoms with Crippen LogP contribution in [0.2, 0.25) is 0 Å². The fourth-order valence-electron chi connectivity index (χ4n) is 2.11. The Balaban J connectivity index is 3.12. The first-order valence-corrected chi connectivity index (χ1v) is 5.84. The van der Waals surface area contributed by atoms with Crippen molar-refractivity contribution in [1.29, 1.82) is 0 Å². The molecule has 0 heteroatoms. The van der Waals surface area contributed by atoms with Gasteiger partial charge in [0, 0.05) is 5.41 Å². The van der Waals surface area contributed by atoms with Crippen LogP contribution in [0, 0.1) is 17.3 Å². The Bertz CT molecular complexity index is 326. The van der Waals surface area contributed by atoms with Crippen LogP contribution in [0.25, 0.3) is 0 Å². The monoisotopic (exact) mass is 204 g/mol. The summed E-state index contributed by atoms with van der Waals surface area (Å²) in [6.07, 6.45) is 4.82. The molecule has 0 aliphatic heterocycles. The van der Waals surface area contributed by atoms with Gasteiger partial charge in [-0.05, 0) is 31.3 Å². The van der Waals surface area contributed by atoms with Crippen molar-refractivity contribution >= 4 is 0 Å². The molecule has 0 nitrogen and oxygen atoms in total. The molecule has 0 spiro atoms. The molecular formula is C15H24. The maximum Gasteiger partial charge on any atom is 0.00990 e. The smallest absolute Gasteiger partial charge is 0.00990 e. The summed E-state index contributed by atoms with van der Waals surface area (Å²) in [5.41, 5.74) is 4.23. The van der Waals surface area contributed by atoms with E-state index < -0.39 is 0 Å². The van der Waals surface area contributed by atoms with Crippen molar-refractivity contribution in [3.05, 3.63) is 35.5 Å². The first kappa shape index (κ1) is 12.3. The van der Waals surface area contributed by atoms with Crippen LogP contribution in [-0.4, -0.2) is 0 Å². The van der Waals surface area contributed by atoms with Gasteiger partial charge < -0.3 is 0 Å². The standard InChI is InChI=1S/C15H24/c1-10(2)15(6,7)14-9-12(4)11(3)8-13(14)5/h8-9,11-12H,1H2,2-7H3. The zero-order valence-electron chi connectivity index (χ0n) is 11.0. The van der Waals surface area contributed by atoms with Gasteiger partial charge in [-0.1, -0.05) is 57.6 Å². The molecule has 0 amide bonds. The van der Waals surface area contributed by atoms with E-state index in [-0.39, 0.29) is 5.41 Å². The number of allylic oxidation sites excluding steroid dienone is 5. The van der Waals surface area contributed by atoms with Gasteiger partial charge in [0.15, 0.2) is 0 Å². The van der Waals surface area contributed by atoms with E-state index in [0.29, 0.717) is 11.8 Å². The van der Waals surface area contributed by atoms with E-state index in [9.17, 15) is 0 Å². The Labute approximate surface area is 94.8 Å². The van der Waals surface area contributed by atoms with E-state index in [1.165, 1.54) is 16.7 Å². The minimum absolute atomic E-state index is 0.106.